The van der Waals surface area contributed by atoms with Crippen LogP contribution in [0, 0.1) is 5.92 Å². The monoisotopic (exact) mass is 328 g/mol. The third-order valence-corrected chi connectivity index (χ3v) is 4.73. The Labute approximate surface area is 143 Å². The van der Waals surface area contributed by atoms with Crippen LogP contribution in [0.3, 0.4) is 0 Å². The average Bonchev–Trinajstić information content (AvgIpc) is 2.58. The van der Waals surface area contributed by atoms with Crippen molar-refractivity contribution >= 4 is 10.8 Å². The minimum atomic E-state index is 0.00153. The van der Waals surface area contributed by atoms with Gasteiger partial charge in [-0.1, -0.05) is 32.0 Å². The fraction of sp³-hybridized carbons (Fsp3) is 0.579. The van der Waals surface area contributed by atoms with E-state index in [1.807, 2.05) is 24.3 Å². The van der Waals surface area contributed by atoms with Crippen LogP contribution in [0.15, 0.2) is 35.3 Å². The van der Waals surface area contributed by atoms with E-state index in [1.54, 1.807) is 10.9 Å². The van der Waals surface area contributed by atoms with Crippen LogP contribution < -0.4 is 10.9 Å². The maximum atomic E-state index is 12.4. The minimum Gasteiger partial charge on any atom is -0.312 e. The lowest BCUT2D eigenvalue weighted by Crippen LogP contribution is -2.44. The maximum Gasteiger partial charge on any atom is 0.274 e. The van der Waals surface area contributed by atoms with Gasteiger partial charge in [0.25, 0.3) is 5.56 Å². The Bertz CT molecular complexity index is 717. The molecule has 0 radical (unpaired) electrons. The first-order valence-electron chi connectivity index (χ1n) is 9.04. The molecule has 0 amide bonds. The normalized spacial score (nSPS) is 17.0. The lowest BCUT2D eigenvalue weighted by atomic mass is 10.0. The van der Waals surface area contributed by atoms with Gasteiger partial charge in [0.05, 0.1) is 18.1 Å². The van der Waals surface area contributed by atoms with Crippen molar-refractivity contribution in [1.29, 1.82) is 0 Å². The zero-order chi connectivity index (χ0) is 16.9. The van der Waals surface area contributed by atoms with Crippen molar-refractivity contribution in [3.63, 3.8) is 0 Å². The first-order chi connectivity index (χ1) is 11.6. The van der Waals surface area contributed by atoms with E-state index in [-0.39, 0.29) is 5.56 Å². The van der Waals surface area contributed by atoms with Gasteiger partial charge in [-0.3, -0.25) is 4.79 Å². The predicted octanol–water partition coefficient (Wildman–Crippen LogP) is 2.11. The molecule has 5 heteroatoms. The summed E-state index contributed by atoms with van der Waals surface area (Å²) in [6, 6.07) is 8.19. The number of hydrogen-bond acceptors (Lipinski definition) is 4. The van der Waals surface area contributed by atoms with Gasteiger partial charge in [0.2, 0.25) is 0 Å². The third-order valence-electron chi connectivity index (χ3n) is 4.73. The van der Waals surface area contributed by atoms with Gasteiger partial charge in [0.15, 0.2) is 0 Å². The molecule has 0 aliphatic carbocycles. The highest BCUT2D eigenvalue weighted by Gasteiger charge is 2.19. The fourth-order valence-corrected chi connectivity index (χ4v) is 3.50. The summed E-state index contributed by atoms with van der Waals surface area (Å²) in [5.41, 5.74) is 0.00153. The lowest BCUT2D eigenvalue weighted by Gasteiger charge is -2.33. The molecule has 0 saturated carbocycles. The second kappa shape index (κ2) is 7.90. The highest BCUT2D eigenvalue weighted by molar-refractivity contribution is 5.80. The maximum absolute atomic E-state index is 12.4. The summed E-state index contributed by atoms with van der Waals surface area (Å²) < 4.78 is 1.57. The average molecular weight is 328 g/mol. The summed E-state index contributed by atoms with van der Waals surface area (Å²) in [5.74, 6) is 0.736. The van der Waals surface area contributed by atoms with E-state index in [2.05, 4.69) is 29.2 Å². The van der Waals surface area contributed by atoms with Crippen molar-refractivity contribution in [2.75, 3.05) is 26.2 Å². The highest BCUT2D eigenvalue weighted by atomic mass is 16.1. The van der Waals surface area contributed by atoms with Gasteiger partial charge in [-0.05, 0) is 37.9 Å². The largest absolute Gasteiger partial charge is 0.312 e. The summed E-state index contributed by atoms with van der Waals surface area (Å²) in [6.45, 7) is 9.50. The molecule has 1 aliphatic heterocycles. The number of nitrogens with one attached hydrogen (secondary N) is 1. The van der Waals surface area contributed by atoms with Crippen LogP contribution in [0.1, 0.15) is 26.7 Å². The number of rotatable bonds is 6. The van der Waals surface area contributed by atoms with E-state index in [9.17, 15) is 4.79 Å². The molecule has 130 valence electrons. The topological polar surface area (TPSA) is 50.2 Å². The standard InChI is InChI=1S/C19H28N4O/c1-15(2)14-22-10-7-17(8-11-22)20-9-12-23-19(24)18-6-4-3-5-16(18)13-21-23/h3-6,13,15,17,20H,7-12,14H2,1-2H3. The zero-order valence-corrected chi connectivity index (χ0v) is 14.7. The fourth-order valence-electron chi connectivity index (χ4n) is 3.50. The minimum absolute atomic E-state index is 0.00153. The molecule has 3 rings (SSSR count). The van der Waals surface area contributed by atoms with Crippen LogP contribution >= 0.6 is 0 Å². The molecule has 1 aromatic carbocycles. The number of benzene rings is 1. The molecule has 5 nitrogen and oxygen atoms in total. The Hall–Kier alpha value is -1.72. The van der Waals surface area contributed by atoms with E-state index in [0.29, 0.717) is 12.6 Å². The van der Waals surface area contributed by atoms with Gasteiger partial charge < -0.3 is 10.2 Å². The van der Waals surface area contributed by atoms with Gasteiger partial charge in [-0.15, -0.1) is 0 Å². The molecular weight excluding hydrogens is 300 g/mol. The van der Waals surface area contributed by atoms with Crippen LogP contribution in [0.4, 0.5) is 0 Å². The molecule has 0 bridgehead atoms. The van der Waals surface area contributed by atoms with Crippen molar-refractivity contribution < 1.29 is 0 Å². The van der Waals surface area contributed by atoms with E-state index in [4.69, 9.17) is 0 Å². The first-order valence-corrected chi connectivity index (χ1v) is 9.04. The van der Waals surface area contributed by atoms with Gasteiger partial charge in [-0.25, -0.2) is 4.68 Å². The van der Waals surface area contributed by atoms with Gasteiger partial charge in [0, 0.05) is 24.5 Å². The first kappa shape index (κ1) is 17.1. The zero-order valence-electron chi connectivity index (χ0n) is 14.7. The smallest absolute Gasteiger partial charge is 0.274 e. The molecule has 1 fully saturated rings. The molecule has 2 aromatic rings. The summed E-state index contributed by atoms with van der Waals surface area (Å²) in [4.78, 5) is 15.0. The Kier molecular flexibility index (Phi) is 5.63. The van der Waals surface area contributed by atoms with Crippen molar-refractivity contribution in [3.05, 3.63) is 40.8 Å². The summed E-state index contributed by atoms with van der Waals surface area (Å²) >= 11 is 0. The Morgan fingerprint density at radius 2 is 2.00 bits per heavy atom. The number of piperidine rings is 1. The number of aromatic nitrogens is 2. The van der Waals surface area contributed by atoms with Crippen molar-refractivity contribution in [1.82, 2.24) is 20.0 Å². The molecule has 0 spiro atoms. The molecule has 1 N–H and O–H groups in total. The van der Waals surface area contributed by atoms with Crippen molar-refractivity contribution in [2.24, 2.45) is 5.92 Å². The van der Waals surface area contributed by atoms with Crippen LogP contribution in [-0.4, -0.2) is 46.9 Å². The quantitative estimate of drug-likeness (QED) is 0.882. The number of hydrogen-bond donors (Lipinski definition) is 1. The lowest BCUT2D eigenvalue weighted by molar-refractivity contribution is 0.179. The summed E-state index contributed by atoms with van der Waals surface area (Å²) in [5, 5.41) is 9.53. The molecule has 0 unspecified atom stereocenters. The van der Waals surface area contributed by atoms with Crippen LogP contribution in [0.25, 0.3) is 10.8 Å². The molecule has 1 saturated heterocycles. The Morgan fingerprint density at radius 3 is 2.75 bits per heavy atom. The molecule has 24 heavy (non-hydrogen) atoms. The van der Waals surface area contributed by atoms with E-state index < -0.39 is 0 Å². The van der Waals surface area contributed by atoms with Gasteiger partial charge in [-0.2, -0.15) is 5.10 Å². The second-order valence-corrected chi connectivity index (χ2v) is 7.18. The SMILES string of the molecule is CC(C)CN1CCC(NCCn2ncc3ccccc3c2=O)CC1. The van der Waals surface area contributed by atoms with Crippen molar-refractivity contribution in [2.45, 2.75) is 39.3 Å². The van der Waals surface area contributed by atoms with E-state index in [1.165, 1.54) is 32.5 Å². The molecule has 2 heterocycles. The number of nitrogens with zero attached hydrogens (tertiary/aromatic N) is 3. The van der Waals surface area contributed by atoms with Crippen LogP contribution in [-0.2, 0) is 6.54 Å². The molecule has 1 aromatic heterocycles. The third kappa shape index (κ3) is 4.22. The van der Waals surface area contributed by atoms with E-state index in [0.717, 1.165) is 23.2 Å². The Balaban J connectivity index is 1.49. The highest BCUT2D eigenvalue weighted by Crippen LogP contribution is 2.12. The van der Waals surface area contributed by atoms with Crippen LogP contribution in [0.2, 0.25) is 0 Å². The number of likely N-dealkylation sites (tertiary alicyclic amines) is 1. The Morgan fingerprint density at radius 1 is 1.25 bits per heavy atom. The van der Waals surface area contributed by atoms with E-state index >= 15 is 0 Å². The van der Waals surface area contributed by atoms with Gasteiger partial charge in [0.1, 0.15) is 0 Å². The van der Waals surface area contributed by atoms with Crippen molar-refractivity contribution in [3.8, 4) is 0 Å². The van der Waals surface area contributed by atoms with Gasteiger partial charge >= 0.3 is 0 Å². The molecular formula is C19H28N4O. The summed E-state index contributed by atoms with van der Waals surface area (Å²) in [7, 11) is 0. The van der Waals surface area contributed by atoms with Crippen LogP contribution in [0.5, 0.6) is 0 Å². The second-order valence-electron chi connectivity index (χ2n) is 7.18. The molecule has 1 aliphatic rings. The predicted molar refractivity (Wildman–Crippen MR) is 98.3 cm³/mol. The number of fused-ring (bicyclic) bond motifs is 1. The molecule has 0 atom stereocenters. The summed E-state index contributed by atoms with van der Waals surface area (Å²) in [6.07, 6.45) is 4.15.